The monoisotopic (exact) mass is 393 g/mol. The summed E-state index contributed by atoms with van der Waals surface area (Å²) in [5.41, 5.74) is 3.07. The molecule has 4 rings (SSSR count). The molecule has 3 heterocycles. The second-order valence-corrected chi connectivity index (χ2v) is 7.45. The highest BCUT2D eigenvalue weighted by Gasteiger charge is 2.11. The Morgan fingerprint density at radius 1 is 1.11 bits per heavy atom. The van der Waals surface area contributed by atoms with Crippen molar-refractivity contribution < 1.29 is 0 Å². The number of rotatable bonds is 6. The lowest BCUT2D eigenvalue weighted by Gasteiger charge is -2.07. The Bertz CT molecular complexity index is 1230. The Balaban J connectivity index is 1.51. The summed E-state index contributed by atoms with van der Waals surface area (Å²) in [6.07, 6.45) is 2.51. The molecule has 0 saturated carbocycles. The van der Waals surface area contributed by atoms with Gasteiger partial charge in [-0.1, -0.05) is 48.2 Å². The molecule has 0 fully saturated rings. The Labute approximate surface area is 165 Å². The van der Waals surface area contributed by atoms with Crippen LogP contribution in [0.15, 0.2) is 69.5 Å². The van der Waals surface area contributed by atoms with Gasteiger partial charge in [-0.05, 0) is 30.5 Å². The van der Waals surface area contributed by atoms with Crippen LogP contribution in [0.3, 0.4) is 0 Å². The number of benzene rings is 1. The highest BCUT2D eigenvalue weighted by molar-refractivity contribution is 7.98. The van der Waals surface area contributed by atoms with E-state index in [9.17, 15) is 9.59 Å². The van der Waals surface area contributed by atoms with Crippen molar-refractivity contribution in [1.29, 1.82) is 0 Å². The van der Waals surface area contributed by atoms with Crippen LogP contribution in [0.4, 0.5) is 0 Å². The van der Waals surface area contributed by atoms with Crippen molar-refractivity contribution >= 4 is 17.4 Å². The minimum absolute atomic E-state index is 0.118. The topological polar surface area (TPSA) is 85.0 Å². The Kier molecular flexibility index (Phi) is 5.12. The second kappa shape index (κ2) is 7.85. The fourth-order valence-corrected chi connectivity index (χ4v) is 3.83. The molecule has 7 nitrogen and oxygen atoms in total. The van der Waals surface area contributed by atoms with Gasteiger partial charge in [-0.2, -0.15) is 0 Å². The number of aryl methyl sites for hydroxylation is 2. The van der Waals surface area contributed by atoms with Crippen LogP contribution in [0, 0.1) is 6.92 Å². The summed E-state index contributed by atoms with van der Waals surface area (Å²) in [6, 6.07) is 15.3. The smallest absolute Gasteiger partial charge is 0.270 e. The predicted molar refractivity (Wildman–Crippen MR) is 109 cm³/mol. The van der Waals surface area contributed by atoms with E-state index in [0.717, 1.165) is 17.5 Å². The Morgan fingerprint density at radius 3 is 2.75 bits per heavy atom. The zero-order chi connectivity index (χ0) is 19.5. The van der Waals surface area contributed by atoms with E-state index < -0.39 is 0 Å². The molecule has 0 saturated heterocycles. The highest BCUT2D eigenvalue weighted by Crippen LogP contribution is 2.19. The number of thioether (sulfide) groups is 1. The van der Waals surface area contributed by atoms with Gasteiger partial charge in [0.15, 0.2) is 5.16 Å². The van der Waals surface area contributed by atoms with Crippen LogP contribution in [0.25, 0.3) is 5.65 Å². The fourth-order valence-electron chi connectivity index (χ4n) is 2.97. The van der Waals surface area contributed by atoms with Crippen LogP contribution in [0.2, 0.25) is 0 Å². The number of hydrogen-bond acceptors (Lipinski definition) is 5. The standard InChI is InChI=1S/C20H19N5O2S/c1-14-7-8-17-21-16(11-18(26)25(17)12-14)13-28-20-23-22-19(27)24(20)10-9-15-5-3-2-4-6-15/h2-8,11-12H,9-10,13H2,1H3,(H,22,27). The van der Waals surface area contributed by atoms with Crippen molar-refractivity contribution in [2.75, 3.05) is 0 Å². The summed E-state index contributed by atoms with van der Waals surface area (Å²) in [6.45, 7) is 2.47. The van der Waals surface area contributed by atoms with Gasteiger partial charge in [-0.25, -0.2) is 14.9 Å². The van der Waals surface area contributed by atoms with E-state index in [1.165, 1.54) is 22.2 Å². The first-order chi connectivity index (χ1) is 13.6. The average Bonchev–Trinajstić information content (AvgIpc) is 3.06. The molecule has 4 aromatic rings. The number of nitrogens with zero attached hydrogens (tertiary/aromatic N) is 4. The SMILES string of the molecule is Cc1ccc2nc(CSc3n[nH]c(=O)n3CCc3ccccc3)cc(=O)n2c1. The summed E-state index contributed by atoms with van der Waals surface area (Å²) >= 11 is 1.39. The lowest BCUT2D eigenvalue weighted by Crippen LogP contribution is -2.19. The number of H-pyrrole nitrogens is 1. The number of aromatic amines is 1. The predicted octanol–water partition coefficient (Wildman–Crippen LogP) is 2.42. The van der Waals surface area contributed by atoms with E-state index in [1.54, 1.807) is 10.8 Å². The zero-order valence-electron chi connectivity index (χ0n) is 15.3. The van der Waals surface area contributed by atoms with E-state index in [1.807, 2.05) is 49.4 Å². The van der Waals surface area contributed by atoms with E-state index in [-0.39, 0.29) is 11.2 Å². The van der Waals surface area contributed by atoms with Crippen LogP contribution < -0.4 is 11.2 Å². The van der Waals surface area contributed by atoms with Crippen molar-refractivity contribution in [3.05, 3.63) is 92.4 Å². The normalized spacial score (nSPS) is 11.2. The van der Waals surface area contributed by atoms with E-state index >= 15 is 0 Å². The quantitative estimate of drug-likeness (QED) is 0.509. The molecule has 0 aliphatic carbocycles. The highest BCUT2D eigenvalue weighted by atomic mass is 32.2. The average molecular weight is 393 g/mol. The summed E-state index contributed by atoms with van der Waals surface area (Å²) in [5.74, 6) is 0.454. The molecule has 0 atom stereocenters. The van der Waals surface area contributed by atoms with Gasteiger partial charge in [0, 0.05) is 24.6 Å². The first kappa shape index (κ1) is 18.2. The van der Waals surface area contributed by atoms with Crippen LogP contribution >= 0.6 is 11.8 Å². The lowest BCUT2D eigenvalue weighted by molar-refractivity contribution is 0.616. The van der Waals surface area contributed by atoms with Gasteiger partial charge in [0.1, 0.15) is 5.65 Å². The molecule has 0 bridgehead atoms. The van der Waals surface area contributed by atoms with Gasteiger partial charge in [0.2, 0.25) is 0 Å². The van der Waals surface area contributed by atoms with Crippen molar-refractivity contribution in [2.45, 2.75) is 30.8 Å². The van der Waals surface area contributed by atoms with Gasteiger partial charge >= 0.3 is 5.69 Å². The van der Waals surface area contributed by atoms with Crippen LogP contribution in [-0.4, -0.2) is 24.1 Å². The summed E-state index contributed by atoms with van der Waals surface area (Å²) in [4.78, 5) is 29.0. The number of aromatic nitrogens is 5. The number of hydrogen-bond donors (Lipinski definition) is 1. The first-order valence-corrected chi connectivity index (χ1v) is 9.89. The molecule has 0 aliphatic heterocycles. The maximum absolute atomic E-state index is 12.3. The second-order valence-electron chi connectivity index (χ2n) is 6.51. The molecule has 0 radical (unpaired) electrons. The van der Waals surface area contributed by atoms with Gasteiger partial charge in [-0.15, -0.1) is 5.10 Å². The third-order valence-electron chi connectivity index (χ3n) is 4.40. The summed E-state index contributed by atoms with van der Waals surface area (Å²) < 4.78 is 3.16. The lowest BCUT2D eigenvalue weighted by atomic mass is 10.1. The third-order valence-corrected chi connectivity index (χ3v) is 5.41. The molecule has 0 unspecified atom stereocenters. The molecule has 8 heteroatoms. The van der Waals surface area contributed by atoms with Crippen molar-refractivity contribution in [3.63, 3.8) is 0 Å². The van der Waals surface area contributed by atoms with E-state index in [4.69, 9.17) is 0 Å². The van der Waals surface area contributed by atoms with Crippen molar-refractivity contribution in [2.24, 2.45) is 0 Å². The van der Waals surface area contributed by atoms with Gasteiger partial charge in [-0.3, -0.25) is 13.8 Å². The van der Waals surface area contributed by atoms with Crippen LogP contribution in [0.1, 0.15) is 16.8 Å². The van der Waals surface area contributed by atoms with E-state index in [2.05, 4.69) is 15.2 Å². The summed E-state index contributed by atoms with van der Waals surface area (Å²) in [5, 5.41) is 7.21. The largest absolute Gasteiger partial charge is 0.343 e. The maximum atomic E-state index is 12.3. The van der Waals surface area contributed by atoms with Crippen LogP contribution in [-0.2, 0) is 18.7 Å². The minimum atomic E-state index is -0.236. The molecule has 0 spiro atoms. The Morgan fingerprint density at radius 2 is 1.93 bits per heavy atom. The molecule has 28 heavy (non-hydrogen) atoms. The number of pyridine rings is 1. The van der Waals surface area contributed by atoms with Gasteiger partial charge in [0.25, 0.3) is 5.56 Å². The molecule has 1 aromatic carbocycles. The first-order valence-electron chi connectivity index (χ1n) is 8.91. The fraction of sp³-hybridized carbons (Fsp3) is 0.200. The number of fused-ring (bicyclic) bond motifs is 1. The molecule has 142 valence electrons. The van der Waals surface area contributed by atoms with Crippen molar-refractivity contribution in [1.82, 2.24) is 24.1 Å². The van der Waals surface area contributed by atoms with Gasteiger partial charge in [0.05, 0.1) is 5.69 Å². The van der Waals surface area contributed by atoms with Gasteiger partial charge < -0.3 is 0 Å². The molecular formula is C20H19N5O2S. The molecule has 0 amide bonds. The molecule has 1 N–H and O–H groups in total. The Hall–Kier alpha value is -3.13. The molecule has 0 aliphatic rings. The molecule has 3 aromatic heterocycles. The van der Waals surface area contributed by atoms with E-state index in [0.29, 0.717) is 28.8 Å². The minimum Gasteiger partial charge on any atom is -0.270 e. The molecular weight excluding hydrogens is 374 g/mol. The van der Waals surface area contributed by atoms with Crippen LogP contribution in [0.5, 0.6) is 0 Å². The van der Waals surface area contributed by atoms with Crippen molar-refractivity contribution in [3.8, 4) is 0 Å². The number of nitrogens with one attached hydrogen (secondary N) is 1. The maximum Gasteiger partial charge on any atom is 0.343 e. The zero-order valence-corrected chi connectivity index (χ0v) is 16.1. The third kappa shape index (κ3) is 3.91. The summed E-state index contributed by atoms with van der Waals surface area (Å²) in [7, 11) is 0.